The summed E-state index contributed by atoms with van der Waals surface area (Å²) in [5.41, 5.74) is 4.59. The van der Waals surface area contributed by atoms with Gasteiger partial charge in [-0.3, -0.25) is 9.59 Å². The number of carbonyl (C=O) groups is 2. The van der Waals surface area contributed by atoms with Crippen LogP contribution in [0.2, 0.25) is 0 Å². The Morgan fingerprint density at radius 3 is 2.81 bits per heavy atom. The summed E-state index contributed by atoms with van der Waals surface area (Å²) in [5.74, 6) is 0.270. The summed E-state index contributed by atoms with van der Waals surface area (Å²) in [5, 5.41) is 11.1. The van der Waals surface area contributed by atoms with Gasteiger partial charge < -0.3 is 10.1 Å². The van der Waals surface area contributed by atoms with Gasteiger partial charge in [0.05, 0.1) is 16.6 Å². The Kier molecular flexibility index (Phi) is 5.49. The summed E-state index contributed by atoms with van der Waals surface area (Å²) >= 11 is 1.62. The number of carbonyl (C=O) groups excluding carboxylic acids is 2. The van der Waals surface area contributed by atoms with Gasteiger partial charge in [0.1, 0.15) is 5.75 Å². The zero-order valence-corrected chi connectivity index (χ0v) is 18.5. The fourth-order valence-electron chi connectivity index (χ4n) is 4.15. The van der Waals surface area contributed by atoms with E-state index in [0.717, 1.165) is 21.7 Å². The Bertz CT molecular complexity index is 1190. The van der Waals surface area contributed by atoms with Crippen molar-refractivity contribution in [3.8, 4) is 5.75 Å². The molecule has 0 bridgehead atoms. The van der Waals surface area contributed by atoms with Crippen molar-refractivity contribution in [1.82, 2.24) is 10.3 Å². The number of nitrogens with zero attached hydrogens (tertiary/aromatic N) is 2. The molecule has 0 saturated carbocycles. The minimum Gasteiger partial charge on any atom is -0.483 e. The molecule has 2 amide bonds. The Morgan fingerprint density at radius 2 is 2.03 bits per heavy atom. The first-order valence-corrected chi connectivity index (χ1v) is 11.5. The van der Waals surface area contributed by atoms with Crippen molar-refractivity contribution < 1.29 is 14.3 Å². The summed E-state index contributed by atoms with van der Waals surface area (Å²) in [7, 11) is 0. The average molecular weight is 446 g/mol. The van der Waals surface area contributed by atoms with Crippen LogP contribution in [0.5, 0.6) is 5.75 Å². The molecule has 0 fully saturated rings. The minimum absolute atomic E-state index is 0.104. The lowest BCUT2D eigenvalue weighted by molar-refractivity contribution is -0.135. The second-order valence-electron chi connectivity index (χ2n) is 7.97. The summed E-state index contributed by atoms with van der Waals surface area (Å²) in [6.45, 7) is 2.47. The molecule has 0 unspecified atom stereocenters. The predicted molar refractivity (Wildman–Crippen MR) is 124 cm³/mol. The topological polar surface area (TPSA) is 71.0 Å². The molecule has 0 aliphatic carbocycles. The van der Waals surface area contributed by atoms with Gasteiger partial charge >= 0.3 is 0 Å². The van der Waals surface area contributed by atoms with Crippen LogP contribution in [0, 0.1) is 6.92 Å². The van der Waals surface area contributed by atoms with E-state index in [0.29, 0.717) is 30.7 Å². The third-order valence-electron chi connectivity index (χ3n) is 5.82. The van der Waals surface area contributed by atoms with Crippen LogP contribution in [0.25, 0.3) is 0 Å². The summed E-state index contributed by atoms with van der Waals surface area (Å²) < 4.78 is 5.92. The van der Waals surface area contributed by atoms with E-state index >= 15 is 0 Å². The van der Waals surface area contributed by atoms with Crippen molar-refractivity contribution in [2.24, 2.45) is 5.10 Å². The predicted octanol–water partition coefficient (Wildman–Crippen LogP) is 4.10. The van der Waals surface area contributed by atoms with Gasteiger partial charge in [-0.1, -0.05) is 42.0 Å². The first-order chi connectivity index (χ1) is 15.6. The van der Waals surface area contributed by atoms with Crippen molar-refractivity contribution in [1.29, 1.82) is 0 Å². The molecule has 1 aromatic heterocycles. The van der Waals surface area contributed by atoms with Crippen molar-refractivity contribution >= 4 is 28.9 Å². The molecular formula is C25H23N3O3S. The van der Waals surface area contributed by atoms with E-state index in [4.69, 9.17) is 4.74 Å². The highest BCUT2D eigenvalue weighted by atomic mass is 32.1. The fourth-order valence-corrected chi connectivity index (χ4v) is 4.87. The molecule has 2 aromatic carbocycles. The molecule has 0 saturated heterocycles. The lowest BCUT2D eigenvalue weighted by atomic mass is 9.99. The number of nitrogens with one attached hydrogen (secondary N) is 1. The Labute approximate surface area is 190 Å². The summed E-state index contributed by atoms with van der Waals surface area (Å²) in [6, 6.07) is 17.4. The van der Waals surface area contributed by atoms with Gasteiger partial charge in [-0.25, -0.2) is 5.01 Å². The molecule has 1 N–H and O–H groups in total. The number of hydrogen-bond donors (Lipinski definition) is 1. The van der Waals surface area contributed by atoms with Crippen LogP contribution in [0.3, 0.4) is 0 Å². The number of benzene rings is 2. The lowest BCUT2D eigenvalue weighted by Crippen LogP contribution is -2.33. The normalized spacial score (nSPS) is 17.5. The molecule has 2 aliphatic rings. The standard InChI is InChI=1S/C25H23N3O3S/c1-16-7-9-17(10-8-16)21-14-20(23-6-3-13-32-23)27-28(21)24(29)15-31-22-5-2-4-19-18(22)11-12-26-25(19)30/h2-10,13,21H,11-12,14-15H2,1H3,(H,26,30)/t21-/m0/s1. The van der Waals surface area contributed by atoms with Gasteiger partial charge in [-0.2, -0.15) is 5.10 Å². The zero-order valence-electron chi connectivity index (χ0n) is 17.7. The van der Waals surface area contributed by atoms with Crippen molar-refractivity contribution in [2.45, 2.75) is 25.8 Å². The van der Waals surface area contributed by atoms with Crippen LogP contribution >= 0.6 is 11.3 Å². The van der Waals surface area contributed by atoms with E-state index in [2.05, 4.69) is 34.7 Å². The van der Waals surface area contributed by atoms with E-state index in [9.17, 15) is 9.59 Å². The molecule has 3 aromatic rings. The van der Waals surface area contributed by atoms with Crippen LogP contribution < -0.4 is 10.1 Å². The van der Waals surface area contributed by atoms with E-state index in [1.54, 1.807) is 28.5 Å². The first-order valence-electron chi connectivity index (χ1n) is 10.6. The number of amides is 2. The molecule has 162 valence electrons. The highest BCUT2D eigenvalue weighted by Gasteiger charge is 2.33. The molecule has 1 atom stereocenters. The maximum atomic E-state index is 13.2. The third-order valence-corrected chi connectivity index (χ3v) is 6.74. The monoisotopic (exact) mass is 445 g/mol. The van der Waals surface area contributed by atoms with E-state index in [1.807, 2.05) is 30.5 Å². The smallest absolute Gasteiger partial charge is 0.281 e. The fraction of sp³-hybridized carbons (Fsp3) is 0.240. The largest absolute Gasteiger partial charge is 0.483 e. The quantitative estimate of drug-likeness (QED) is 0.643. The Hall–Kier alpha value is -3.45. The Morgan fingerprint density at radius 1 is 1.19 bits per heavy atom. The van der Waals surface area contributed by atoms with Crippen LogP contribution in [0.4, 0.5) is 0 Å². The molecule has 0 spiro atoms. The highest BCUT2D eigenvalue weighted by Crippen LogP contribution is 2.34. The van der Waals surface area contributed by atoms with Crippen molar-refractivity contribution in [3.63, 3.8) is 0 Å². The van der Waals surface area contributed by atoms with Crippen LogP contribution in [0.15, 0.2) is 65.1 Å². The molecule has 5 rings (SSSR count). The lowest BCUT2D eigenvalue weighted by Gasteiger charge is -2.23. The Balaban J connectivity index is 1.38. The second kappa shape index (κ2) is 8.59. The SMILES string of the molecule is Cc1ccc([C@@H]2CC(c3cccs3)=NN2C(=O)COc2cccc3c2CCNC3=O)cc1. The summed E-state index contributed by atoms with van der Waals surface area (Å²) in [6.07, 6.45) is 1.35. The van der Waals surface area contributed by atoms with Gasteiger partial charge in [0.15, 0.2) is 6.61 Å². The molecule has 6 nitrogen and oxygen atoms in total. The van der Waals surface area contributed by atoms with Crippen molar-refractivity contribution in [2.75, 3.05) is 13.2 Å². The van der Waals surface area contributed by atoms with E-state index < -0.39 is 0 Å². The van der Waals surface area contributed by atoms with Crippen molar-refractivity contribution in [3.05, 3.63) is 87.1 Å². The average Bonchev–Trinajstić information content (AvgIpc) is 3.49. The highest BCUT2D eigenvalue weighted by molar-refractivity contribution is 7.12. The second-order valence-corrected chi connectivity index (χ2v) is 8.92. The summed E-state index contributed by atoms with van der Waals surface area (Å²) in [4.78, 5) is 26.4. The zero-order chi connectivity index (χ0) is 22.1. The molecule has 7 heteroatoms. The van der Waals surface area contributed by atoms with Crippen LogP contribution in [0.1, 0.15) is 44.4 Å². The number of hydrogen-bond acceptors (Lipinski definition) is 5. The van der Waals surface area contributed by atoms with Gasteiger partial charge in [0, 0.05) is 24.1 Å². The number of rotatable bonds is 5. The third kappa shape index (κ3) is 3.91. The van der Waals surface area contributed by atoms with Crippen LogP contribution in [-0.2, 0) is 11.2 Å². The van der Waals surface area contributed by atoms with Gasteiger partial charge in [0.25, 0.3) is 11.8 Å². The van der Waals surface area contributed by atoms with Gasteiger partial charge in [-0.15, -0.1) is 11.3 Å². The number of aryl methyl sites for hydroxylation is 1. The molecule has 0 radical (unpaired) electrons. The number of thiophene rings is 1. The maximum Gasteiger partial charge on any atom is 0.281 e. The maximum absolute atomic E-state index is 13.2. The molecule has 3 heterocycles. The molecule has 2 aliphatic heterocycles. The first kappa shape index (κ1) is 20.5. The van der Waals surface area contributed by atoms with E-state index in [-0.39, 0.29) is 24.5 Å². The van der Waals surface area contributed by atoms with Gasteiger partial charge in [-0.05, 0) is 42.5 Å². The number of hydrazone groups is 1. The number of fused-ring (bicyclic) bond motifs is 1. The number of ether oxygens (including phenoxy) is 1. The van der Waals surface area contributed by atoms with E-state index in [1.165, 1.54) is 5.56 Å². The van der Waals surface area contributed by atoms with Crippen LogP contribution in [-0.4, -0.2) is 35.7 Å². The van der Waals surface area contributed by atoms with Gasteiger partial charge in [0.2, 0.25) is 0 Å². The molecular weight excluding hydrogens is 422 g/mol. The minimum atomic E-state index is -0.208. The molecule has 32 heavy (non-hydrogen) atoms.